The molecule has 158 valence electrons. The number of carbonyl (C=O) groups is 3. The van der Waals surface area contributed by atoms with E-state index in [-0.39, 0.29) is 24.3 Å². The summed E-state index contributed by atoms with van der Waals surface area (Å²) in [6, 6.07) is 6.78. The molecule has 0 aromatic heterocycles. The molecule has 2 heterocycles. The van der Waals surface area contributed by atoms with Gasteiger partial charge in [-0.25, -0.2) is 9.69 Å². The van der Waals surface area contributed by atoms with Gasteiger partial charge in [0, 0.05) is 0 Å². The molecule has 0 unspecified atom stereocenters. The van der Waals surface area contributed by atoms with E-state index >= 15 is 0 Å². The Morgan fingerprint density at radius 1 is 1.17 bits per heavy atom. The molecule has 3 amide bonds. The first-order chi connectivity index (χ1) is 14.1. The highest BCUT2D eigenvalue weighted by atomic mass is 16.6. The highest BCUT2D eigenvalue weighted by Gasteiger charge is 2.47. The topological polar surface area (TPSA) is 80.6 Å². The predicted octanol–water partition coefficient (Wildman–Crippen LogP) is 0.854. The Morgan fingerprint density at radius 3 is 2.59 bits per heavy atom. The Morgan fingerprint density at radius 2 is 1.90 bits per heavy atom. The first-order valence-corrected chi connectivity index (χ1v) is 10.4. The summed E-state index contributed by atoms with van der Waals surface area (Å²) < 4.78 is 10.9. The van der Waals surface area contributed by atoms with Gasteiger partial charge in [0.25, 0.3) is 5.91 Å². The van der Waals surface area contributed by atoms with Crippen LogP contribution in [0.4, 0.5) is 10.5 Å². The number of quaternary nitrogens is 1. The van der Waals surface area contributed by atoms with Crippen LogP contribution in [0.25, 0.3) is 0 Å². The Bertz CT molecular complexity index is 746. The SMILES string of the molecule is CCCCOc1ccccc1N1C(=O)C[C@@H]([NH+]2CCN(C(=O)OCC)CC2)C1=O. The smallest absolute Gasteiger partial charge is 0.410 e. The molecule has 8 nitrogen and oxygen atoms in total. The average molecular weight is 404 g/mol. The van der Waals surface area contributed by atoms with Crippen molar-refractivity contribution in [3.05, 3.63) is 24.3 Å². The van der Waals surface area contributed by atoms with Crippen LogP contribution >= 0.6 is 0 Å². The van der Waals surface area contributed by atoms with E-state index in [1.54, 1.807) is 30.0 Å². The largest absolute Gasteiger partial charge is 0.491 e. The Balaban J connectivity index is 1.67. The van der Waals surface area contributed by atoms with Crippen molar-refractivity contribution >= 4 is 23.6 Å². The van der Waals surface area contributed by atoms with E-state index in [1.807, 2.05) is 6.07 Å². The summed E-state index contributed by atoms with van der Waals surface area (Å²) in [4.78, 5) is 41.7. The lowest BCUT2D eigenvalue weighted by atomic mass is 10.2. The Hall–Kier alpha value is -2.61. The molecule has 2 fully saturated rings. The van der Waals surface area contributed by atoms with Gasteiger partial charge in [-0.1, -0.05) is 25.5 Å². The molecule has 2 aliphatic heterocycles. The molecule has 0 bridgehead atoms. The van der Waals surface area contributed by atoms with Crippen molar-refractivity contribution in [1.29, 1.82) is 0 Å². The second-order valence-corrected chi connectivity index (χ2v) is 7.34. The average Bonchev–Trinajstić information content (AvgIpc) is 3.03. The fourth-order valence-corrected chi connectivity index (χ4v) is 3.83. The summed E-state index contributed by atoms with van der Waals surface area (Å²) in [5.74, 6) is 0.165. The van der Waals surface area contributed by atoms with Crippen molar-refractivity contribution in [1.82, 2.24) is 4.90 Å². The first kappa shape index (κ1) is 21.1. The predicted molar refractivity (Wildman–Crippen MR) is 107 cm³/mol. The minimum atomic E-state index is -0.421. The molecule has 0 saturated carbocycles. The number of amides is 3. The number of anilines is 1. The number of nitrogens with zero attached hydrogens (tertiary/aromatic N) is 2. The summed E-state index contributed by atoms with van der Waals surface area (Å²) in [7, 11) is 0. The fourth-order valence-electron chi connectivity index (χ4n) is 3.83. The molecule has 1 aromatic carbocycles. The van der Waals surface area contributed by atoms with E-state index < -0.39 is 6.04 Å². The van der Waals surface area contributed by atoms with Crippen LogP contribution in [0.3, 0.4) is 0 Å². The Labute approximate surface area is 171 Å². The summed E-state index contributed by atoms with van der Waals surface area (Å²) in [5, 5.41) is 0. The molecule has 1 N–H and O–H groups in total. The molecule has 8 heteroatoms. The van der Waals surface area contributed by atoms with Crippen LogP contribution in [-0.4, -0.2) is 68.2 Å². The van der Waals surface area contributed by atoms with Gasteiger partial charge >= 0.3 is 6.09 Å². The summed E-state index contributed by atoms with van der Waals surface area (Å²) >= 11 is 0. The van der Waals surface area contributed by atoms with E-state index in [0.29, 0.717) is 50.8 Å². The number of hydrogen-bond donors (Lipinski definition) is 1. The lowest BCUT2D eigenvalue weighted by Crippen LogP contribution is -3.19. The van der Waals surface area contributed by atoms with Gasteiger partial charge in [0.1, 0.15) is 5.75 Å². The zero-order valence-electron chi connectivity index (χ0n) is 17.2. The highest BCUT2D eigenvalue weighted by molar-refractivity contribution is 6.22. The van der Waals surface area contributed by atoms with Crippen LogP contribution < -0.4 is 14.5 Å². The lowest BCUT2D eigenvalue weighted by Gasteiger charge is -2.33. The van der Waals surface area contributed by atoms with Crippen LogP contribution in [0.5, 0.6) is 5.75 Å². The van der Waals surface area contributed by atoms with Gasteiger partial charge in [-0.2, -0.15) is 0 Å². The van der Waals surface area contributed by atoms with Gasteiger partial charge in [0.15, 0.2) is 6.04 Å². The van der Waals surface area contributed by atoms with E-state index in [4.69, 9.17) is 9.47 Å². The van der Waals surface area contributed by atoms with Crippen molar-refractivity contribution in [2.24, 2.45) is 0 Å². The van der Waals surface area contributed by atoms with Crippen LogP contribution in [0.15, 0.2) is 24.3 Å². The number of rotatable bonds is 7. The minimum absolute atomic E-state index is 0.177. The van der Waals surface area contributed by atoms with Crippen LogP contribution in [0.2, 0.25) is 0 Å². The number of hydrogen-bond acceptors (Lipinski definition) is 5. The van der Waals surface area contributed by atoms with Crippen molar-refractivity contribution in [3.8, 4) is 5.75 Å². The number of ether oxygens (including phenoxy) is 2. The molecule has 2 saturated heterocycles. The number of piperazine rings is 1. The molecule has 0 aliphatic carbocycles. The van der Waals surface area contributed by atoms with Gasteiger partial charge < -0.3 is 14.4 Å². The maximum atomic E-state index is 13.1. The second-order valence-electron chi connectivity index (χ2n) is 7.34. The molecule has 3 rings (SSSR count). The summed E-state index contributed by atoms with van der Waals surface area (Å²) in [6.07, 6.45) is 1.78. The number of nitrogens with one attached hydrogen (secondary N) is 1. The van der Waals surface area contributed by atoms with E-state index in [0.717, 1.165) is 17.7 Å². The molecule has 0 radical (unpaired) electrons. The number of imide groups is 1. The standard InChI is InChI=1S/C21H29N3O5/c1-3-5-14-29-18-9-7-6-8-16(18)24-19(25)15-17(20(24)26)22-10-12-23(13-11-22)21(27)28-4-2/h6-9,17H,3-5,10-15H2,1-2H3/p+1/t17-/m1/s1. The highest BCUT2D eigenvalue weighted by Crippen LogP contribution is 2.31. The third-order valence-corrected chi connectivity index (χ3v) is 5.43. The monoisotopic (exact) mass is 404 g/mol. The van der Waals surface area contributed by atoms with Crippen molar-refractivity contribution in [3.63, 3.8) is 0 Å². The molecule has 2 aliphatic rings. The Kier molecular flexibility index (Phi) is 7.09. The van der Waals surface area contributed by atoms with E-state index in [1.165, 1.54) is 4.90 Å². The van der Waals surface area contributed by atoms with Crippen molar-refractivity contribution in [2.75, 3.05) is 44.3 Å². The molecule has 0 spiro atoms. The molecule has 1 aromatic rings. The number of para-hydroxylation sites is 2. The number of carbonyl (C=O) groups excluding carboxylic acids is 3. The summed E-state index contributed by atoms with van der Waals surface area (Å²) in [5.41, 5.74) is 0.519. The third-order valence-electron chi connectivity index (χ3n) is 5.43. The number of benzene rings is 1. The quantitative estimate of drug-likeness (QED) is 0.538. The van der Waals surface area contributed by atoms with Crippen LogP contribution in [0.1, 0.15) is 33.1 Å². The minimum Gasteiger partial charge on any atom is -0.491 e. The lowest BCUT2D eigenvalue weighted by molar-refractivity contribution is -0.918. The van der Waals surface area contributed by atoms with Crippen molar-refractivity contribution in [2.45, 2.75) is 39.2 Å². The molecular weight excluding hydrogens is 374 g/mol. The molecule has 1 atom stereocenters. The van der Waals surface area contributed by atoms with Gasteiger partial charge in [-0.15, -0.1) is 0 Å². The van der Waals surface area contributed by atoms with E-state index in [9.17, 15) is 14.4 Å². The maximum Gasteiger partial charge on any atom is 0.410 e. The zero-order valence-corrected chi connectivity index (χ0v) is 17.2. The van der Waals surface area contributed by atoms with Gasteiger partial charge in [-0.3, -0.25) is 14.5 Å². The van der Waals surface area contributed by atoms with Gasteiger partial charge in [0.05, 0.1) is 51.5 Å². The maximum absolute atomic E-state index is 13.1. The van der Waals surface area contributed by atoms with Crippen molar-refractivity contribution < 1.29 is 28.8 Å². The number of unbranched alkanes of at least 4 members (excludes halogenated alkanes) is 1. The zero-order chi connectivity index (χ0) is 20.8. The van der Waals surface area contributed by atoms with Gasteiger partial charge in [0.2, 0.25) is 5.91 Å². The van der Waals surface area contributed by atoms with E-state index in [2.05, 4.69) is 6.92 Å². The second kappa shape index (κ2) is 9.73. The molecule has 29 heavy (non-hydrogen) atoms. The van der Waals surface area contributed by atoms with Gasteiger partial charge in [-0.05, 0) is 25.5 Å². The normalized spacial score (nSPS) is 20.3. The first-order valence-electron chi connectivity index (χ1n) is 10.4. The molecular formula is C21H30N3O5+. The third kappa shape index (κ3) is 4.70. The van der Waals surface area contributed by atoms with Crippen LogP contribution in [0, 0.1) is 0 Å². The van der Waals surface area contributed by atoms with Crippen LogP contribution in [-0.2, 0) is 14.3 Å². The summed E-state index contributed by atoms with van der Waals surface area (Å²) in [6.45, 7) is 7.02. The fraction of sp³-hybridized carbons (Fsp3) is 0.571.